The lowest BCUT2D eigenvalue weighted by Crippen LogP contribution is -2.04. The Kier molecular flexibility index (Phi) is 2.72. The highest BCUT2D eigenvalue weighted by Crippen LogP contribution is 2.27. The minimum atomic E-state index is -1.16. The molecule has 0 spiro atoms. The molecule has 5 heteroatoms. The molecule has 1 aromatic heterocycles. The smallest absolute Gasteiger partial charge is 0.356 e. The molecule has 13 heavy (non-hydrogen) atoms. The number of carbonyl (C=O) groups is 1. The van der Waals surface area contributed by atoms with Crippen molar-refractivity contribution >= 4 is 17.6 Å². The van der Waals surface area contributed by atoms with Gasteiger partial charge in [-0.05, 0) is 6.92 Å². The van der Waals surface area contributed by atoms with Crippen LogP contribution in [0.3, 0.4) is 0 Å². The Hall–Kier alpha value is -1.29. The van der Waals surface area contributed by atoms with Crippen molar-refractivity contribution < 1.29 is 14.6 Å². The number of halogens is 1. The predicted octanol–water partition coefficient (Wildman–Crippen LogP) is 1.75. The maximum absolute atomic E-state index is 10.6. The quantitative estimate of drug-likeness (QED) is 0.792. The first kappa shape index (κ1) is 9.80. The second kappa shape index (κ2) is 3.62. The van der Waals surface area contributed by atoms with Gasteiger partial charge in [-0.25, -0.2) is 9.78 Å². The van der Waals surface area contributed by atoms with E-state index in [1.165, 1.54) is 7.11 Å². The van der Waals surface area contributed by atoms with Gasteiger partial charge in [0.05, 0.1) is 7.11 Å². The summed E-state index contributed by atoms with van der Waals surface area (Å²) < 4.78 is 4.88. The molecule has 0 radical (unpaired) electrons. The number of rotatable bonds is 2. The van der Waals surface area contributed by atoms with Gasteiger partial charge in [-0.15, -0.1) is 0 Å². The van der Waals surface area contributed by atoms with Gasteiger partial charge in [0.2, 0.25) is 0 Å². The Labute approximate surface area is 80.1 Å². The van der Waals surface area contributed by atoms with Gasteiger partial charge in [-0.2, -0.15) is 0 Å². The normalized spacial score (nSPS) is 9.77. The number of aryl methyl sites for hydroxylation is 1. The molecular formula is C8H8ClNO3. The summed E-state index contributed by atoms with van der Waals surface area (Å²) in [5, 5.41) is 8.74. The molecule has 0 aliphatic rings. The topological polar surface area (TPSA) is 59.4 Å². The van der Waals surface area contributed by atoms with Gasteiger partial charge in [0.15, 0.2) is 5.69 Å². The summed E-state index contributed by atoms with van der Waals surface area (Å²) in [6.45, 7) is 1.67. The molecular weight excluding hydrogens is 194 g/mol. The molecule has 0 bridgehead atoms. The highest BCUT2D eigenvalue weighted by atomic mass is 35.5. The predicted molar refractivity (Wildman–Crippen MR) is 47.5 cm³/mol. The highest BCUT2D eigenvalue weighted by Gasteiger charge is 2.15. The number of carboxylic acid groups (broad SMARTS) is 1. The number of nitrogens with zero attached hydrogens (tertiary/aromatic N) is 1. The molecule has 0 unspecified atom stereocenters. The maximum Gasteiger partial charge on any atom is 0.356 e. The van der Waals surface area contributed by atoms with E-state index < -0.39 is 5.97 Å². The summed E-state index contributed by atoms with van der Waals surface area (Å²) in [6.07, 6.45) is 0. The van der Waals surface area contributed by atoms with Gasteiger partial charge in [-0.3, -0.25) is 0 Å². The molecule has 0 saturated carbocycles. The van der Waals surface area contributed by atoms with Crippen molar-refractivity contribution in [3.63, 3.8) is 0 Å². The molecule has 4 nitrogen and oxygen atoms in total. The number of carboxylic acids is 1. The molecule has 70 valence electrons. The Balaban J connectivity index is 3.35. The maximum atomic E-state index is 10.6. The molecule has 1 aromatic rings. The van der Waals surface area contributed by atoms with Crippen LogP contribution in [0.1, 0.15) is 16.2 Å². The molecule has 0 aromatic carbocycles. The first-order valence-corrected chi connectivity index (χ1v) is 3.88. The average Bonchev–Trinajstić information content (AvgIpc) is 2.08. The first-order chi connectivity index (χ1) is 6.06. The number of ether oxygens (including phenoxy) is 1. The van der Waals surface area contributed by atoms with Gasteiger partial charge in [0.25, 0.3) is 0 Å². The van der Waals surface area contributed by atoms with Gasteiger partial charge in [-0.1, -0.05) is 11.6 Å². The van der Waals surface area contributed by atoms with Crippen molar-refractivity contribution in [3.8, 4) is 5.75 Å². The summed E-state index contributed by atoms with van der Waals surface area (Å²) in [6, 6.07) is 1.58. The van der Waals surface area contributed by atoms with Crippen molar-refractivity contribution in [1.29, 1.82) is 0 Å². The van der Waals surface area contributed by atoms with Crippen LogP contribution in [-0.4, -0.2) is 23.2 Å². The SMILES string of the molecule is COc1cc(C)nc(C(=O)O)c1Cl. The van der Waals surface area contributed by atoms with Crippen LogP contribution >= 0.6 is 11.6 Å². The summed E-state index contributed by atoms with van der Waals surface area (Å²) in [7, 11) is 1.42. The number of hydrogen-bond donors (Lipinski definition) is 1. The standard InChI is InChI=1S/C8H8ClNO3/c1-4-3-5(13-2)6(9)7(10-4)8(11)12/h3H,1-2H3,(H,11,12). The Morgan fingerprint density at radius 1 is 1.69 bits per heavy atom. The van der Waals surface area contributed by atoms with Gasteiger partial charge in [0.1, 0.15) is 10.8 Å². The van der Waals surface area contributed by atoms with Crippen molar-refractivity contribution in [3.05, 3.63) is 22.5 Å². The van der Waals surface area contributed by atoms with Gasteiger partial charge in [0, 0.05) is 11.8 Å². The minimum Gasteiger partial charge on any atom is -0.495 e. The summed E-state index contributed by atoms with van der Waals surface area (Å²) in [5.74, 6) is -0.835. The summed E-state index contributed by atoms with van der Waals surface area (Å²) >= 11 is 5.71. The molecule has 0 saturated heterocycles. The second-order valence-corrected chi connectivity index (χ2v) is 2.81. The zero-order chi connectivity index (χ0) is 10.0. The van der Waals surface area contributed by atoms with E-state index in [0.717, 1.165) is 0 Å². The number of pyridine rings is 1. The van der Waals surface area contributed by atoms with Crippen LogP contribution < -0.4 is 4.74 Å². The molecule has 0 atom stereocenters. The van der Waals surface area contributed by atoms with Crippen molar-refractivity contribution in [2.24, 2.45) is 0 Å². The number of aromatic nitrogens is 1. The largest absolute Gasteiger partial charge is 0.495 e. The highest BCUT2D eigenvalue weighted by molar-refractivity contribution is 6.34. The van der Waals surface area contributed by atoms with E-state index in [-0.39, 0.29) is 10.7 Å². The molecule has 0 aliphatic heterocycles. The van der Waals surface area contributed by atoms with E-state index >= 15 is 0 Å². The fourth-order valence-corrected chi connectivity index (χ4v) is 1.17. The molecule has 0 amide bonds. The molecule has 0 fully saturated rings. The van der Waals surface area contributed by atoms with E-state index in [1.807, 2.05) is 0 Å². The lowest BCUT2D eigenvalue weighted by molar-refractivity contribution is 0.0690. The van der Waals surface area contributed by atoms with Gasteiger partial charge >= 0.3 is 5.97 Å². The number of aromatic carboxylic acids is 1. The molecule has 1 N–H and O–H groups in total. The summed E-state index contributed by atoms with van der Waals surface area (Å²) in [4.78, 5) is 14.4. The third-order valence-corrected chi connectivity index (χ3v) is 1.84. The van der Waals surface area contributed by atoms with E-state index in [4.69, 9.17) is 21.4 Å². The molecule has 0 aliphatic carbocycles. The fraction of sp³-hybridized carbons (Fsp3) is 0.250. The molecule has 1 heterocycles. The second-order valence-electron chi connectivity index (χ2n) is 2.43. The average molecular weight is 202 g/mol. The monoisotopic (exact) mass is 201 g/mol. The Bertz CT molecular complexity index is 351. The number of hydrogen-bond acceptors (Lipinski definition) is 3. The van der Waals surface area contributed by atoms with Crippen molar-refractivity contribution in [2.45, 2.75) is 6.92 Å². The third-order valence-electron chi connectivity index (χ3n) is 1.47. The van der Waals surface area contributed by atoms with Crippen LogP contribution in [0.2, 0.25) is 5.02 Å². The van der Waals surface area contributed by atoms with Crippen LogP contribution in [0.4, 0.5) is 0 Å². The van der Waals surface area contributed by atoms with Crippen molar-refractivity contribution in [1.82, 2.24) is 4.98 Å². The Morgan fingerprint density at radius 2 is 2.31 bits per heavy atom. The first-order valence-electron chi connectivity index (χ1n) is 3.50. The fourth-order valence-electron chi connectivity index (χ4n) is 0.918. The van der Waals surface area contributed by atoms with Crippen LogP contribution in [0.25, 0.3) is 0 Å². The lowest BCUT2D eigenvalue weighted by Gasteiger charge is -2.05. The van der Waals surface area contributed by atoms with Crippen LogP contribution in [-0.2, 0) is 0 Å². The van der Waals surface area contributed by atoms with E-state index in [9.17, 15) is 4.79 Å². The Morgan fingerprint density at radius 3 is 2.77 bits per heavy atom. The van der Waals surface area contributed by atoms with E-state index in [1.54, 1.807) is 13.0 Å². The molecule has 1 rings (SSSR count). The van der Waals surface area contributed by atoms with E-state index in [0.29, 0.717) is 11.4 Å². The van der Waals surface area contributed by atoms with Gasteiger partial charge < -0.3 is 9.84 Å². The third kappa shape index (κ3) is 1.89. The summed E-state index contributed by atoms with van der Waals surface area (Å²) in [5.41, 5.74) is 0.372. The lowest BCUT2D eigenvalue weighted by atomic mass is 10.3. The van der Waals surface area contributed by atoms with Crippen molar-refractivity contribution in [2.75, 3.05) is 7.11 Å². The zero-order valence-corrected chi connectivity index (χ0v) is 7.92. The van der Waals surface area contributed by atoms with E-state index in [2.05, 4.69) is 4.98 Å². The number of methoxy groups -OCH3 is 1. The zero-order valence-electron chi connectivity index (χ0n) is 7.17. The van der Waals surface area contributed by atoms with Crippen LogP contribution in [0, 0.1) is 6.92 Å². The van der Waals surface area contributed by atoms with Crippen LogP contribution in [0.15, 0.2) is 6.07 Å². The minimum absolute atomic E-state index is 0.0283. The van der Waals surface area contributed by atoms with Crippen LogP contribution in [0.5, 0.6) is 5.75 Å².